The van der Waals surface area contributed by atoms with Crippen molar-refractivity contribution in [1.82, 2.24) is 25.1 Å². The van der Waals surface area contributed by atoms with Crippen LogP contribution in [0.1, 0.15) is 110 Å². The van der Waals surface area contributed by atoms with Crippen molar-refractivity contribution >= 4 is 52.6 Å². The standard InChI is InChI=1S/C51H60F2N5O8PS/c1-31(50(62)65-41-19-22-64-30-41)55-67(63,66-40-11-7-4-8-12-40)46(53)33-13-18-44-34(23-33)24-45(68-44)47(59)54-42-16-14-37(56(2)39-25-36(52)26-39)27-38-15-17-43(58(38)48(42)60)49(61)57-29-35(28-51(57)20-21-51)32-9-5-3-6-10-32/h3-13,18,23-24,31,35-39,41-43,46H,14-17,19-22,25-30H2,1-2H3,(H,54,59)(H,55,63)/t31-,35+,36?,37-,38+,39?,41+,42-,43-,46+,67?/m0/s1. The van der Waals surface area contributed by atoms with E-state index < -0.39 is 55.7 Å². The van der Waals surface area contributed by atoms with Crippen molar-refractivity contribution in [3.8, 4) is 5.75 Å². The van der Waals surface area contributed by atoms with E-state index in [9.17, 15) is 28.1 Å². The molecule has 2 N–H and O–H groups in total. The Kier molecular flexibility index (Phi) is 13.3. The number of benzene rings is 3. The molecule has 4 aliphatic heterocycles. The zero-order valence-corrected chi connectivity index (χ0v) is 40.2. The van der Waals surface area contributed by atoms with Crippen LogP contribution in [0.4, 0.5) is 8.78 Å². The number of thiophene rings is 1. The van der Waals surface area contributed by atoms with Crippen LogP contribution in [0, 0.1) is 0 Å². The lowest BCUT2D eigenvalue weighted by atomic mass is 9.86. The fraction of sp³-hybridized carbons (Fsp3) is 0.529. The van der Waals surface area contributed by atoms with Crippen LogP contribution in [-0.4, -0.2) is 119 Å². The molecule has 1 aromatic heterocycles. The number of ether oxygens (including phenoxy) is 2. The van der Waals surface area contributed by atoms with Crippen molar-refractivity contribution in [1.29, 1.82) is 0 Å². The van der Waals surface area contributed by atoms with Gasteiger partial charge in [0.05, 0.1) is 18.1 Å². The number of hydrogen-bond donors (Lipinski definition) is 2. The molecule has 2 saturated carbocycles. The Morgan fingerprint density at radius 1 is 0.941 bits per heavy atom. The van der Waals surface area contributed by atoms with E-state index in [1.54, 1.807) is 47.4 Å². The fourth-order valence-corrected chi connectivity index (χ4v) is 14.1. The van der Waals surface area contributed by atoms with Gasteiger partial charge in [-0.1, -0.05) is 54.6 Å². The van der Waals surface area contributed by atoms with Crippen molar-refractivity contribution in [2.45, 2.75) is 143 Å². The molecule has 1 unspecified atom stereocenters. The largest absolute Gasteiger partial charge is 0.459 e. The minimum absolute atomic E-state index is 0.00605. The molecular formula is C51H60F2N5O8PS. The predicted molar refractivity (Wildman–Crippen MR) is 254 cm³/mol. The second-order valence-electron chi connectivity index (χ2n) is 19.9. The van der Waals surface area contributed by atoms with E-state index in [-0.39, 0.29) is 59.3 Å². The minimum atomic E-state index is -4.52. The van der Waals surface area contributed by atoms with E-state index in [0.29, 0.717) is 79.5 Å². The van der Waals surface area contributed by atoms with E-state index in [0.717, 1.165) is 19.3 Å². The molecule has 1 spiro atoms. The zero-order chi connectivity index (χ0) is 47.3. The lowest BCUT2D eigenvalue weighted by molar-refractivity contribution is -0.150. The summed E-state index contributed by atoms with van der Waals surface area (Å²) in [5, 5.41) is 6.20. The monoisotopic (exact) mass is 971 g/mol. The number of amides is 3. The molecule has 6 aliphatic rings. The van der Waals surface area contributed by atoms with Crippen molar-refractivity contribution in [3.63, 3.8) is 0 Å². The number of esters is 1. The number of hydrogen-bond acceptors (Lipinski definition) is 10. The van der Waals surface area contributed by atoms with Gasteiger partial charge in [-0.25, -0.2) is 13.9 Å². The van der Waals surface area contributed by atoms with Gasteiger partial charge in [0.1, 0.15) is 36.2 Å². The van der Waals surface area contributed by atoms with E-state index in [4.69, 9.17) is 14.0 Å². The summed E-state index contributed by atoms with van der Waals surface area (Å²) in [6, 6.07) is 21.9. The third-order valence-electron chi connectivity index (χ3n) is 15.4. The molecule has 2 aliphatic carbocycles. The maximum absolute atomic E-state index is 16.8. The van der Waals surface area contributed by atoms with E-state index in [1.165, 1.54) is 36.0 Å². The Balaban J connectivity index is 0.882. The Bertz CT molecular complexity index is 2560. The second kappa shape index (κ2) is 19.2. The van der Waals surface area contributed by atoms with E-state index >= 15 is 4.39 Å². The number of carbonyl (C=O) groups excluding carboxylic acids is 4. The summed E-state index contributed by atoms with van der Waals surface area (Å²) < 4.78 is 62.9. The molecule has 3 amide bonds. The van der Waals surface area contributed by atoms with Gasteiger partial charge >= 0.3 is 13.5 Å². The van der Waals surface area contributed by atoms with Gasteiger partial charge in [0.25, 0.3) is 5.91 Å². The van der Waals surface area contributed by atoms with Crippen molar-refractivity contribution in [2.24, 2.45) is 0 Å². The van der Waals surface area contributed by atoms with Gasteiger partial charge in [-0.05, 0) is 125 Å². The highest BCUT2D eigenvalue weighted by atomic mass is 32.1. The van der Waals surface area contributed by atoms with Crippen molar-refractivity contribution in [3.05, 3.63) is 101 Å². The van der Waals surface area contributed by atoms with Crippen LogP contribution in [0.3, 0.4) is 0 Å². The molecule has 9 atom stereocenters. The van der Waals surface area contributed by atoms with Crippen LogP contribution >= 0.6 is 18.9 Å². The number of rotatable bonds is 14. The topological polar surface area (TPSA) is 147 Å². The maximum atomic E-state index is 16.8. The summed E-state index contributed by atoms with van der Waals surface area (Å²) in [6.45, 7) is 2.75. The number of nitrogens with zero attached hydrogens (tertiary/aromatic N) is 3. The number of fused-ring (bicyclic) bond motifs is 2. The molecule has 6 fully saturated rings. The van der Waals surface area contributed by atoms with Crippen LogP contribution < -0.4 is 14.9 Å². The molecule has 3 aromatic carbocycles. The minimum Gasteiger partial charge on any atom is -0.459 e. The molecule has 10 rings (SSSR count). The Hall–Kier alpha value is -4.73. The summed E-state index contributed by atoms with van der Waals surface area (Å²) in [7, 11) is -2.49. The molecule has 17 heteroatoms. The summed E-state index contributed by atoms with van der Waals surface area (Å²) in [5.41, 5.74) is 1.04. The highest BCUT2D eigenvalue weighted by Gasteiger charge is 2.59. The van der Waals surface area contributed by atoms with E-state index in [2.05, 4.69) is 32.3 Å². The zero-order valence-electron chi connectivity index (χ0n) is 38.5. The molecule has 4 aromatic rings. The fourth-order valence-electron chi connectivity index (χ4n) is 11.3. The summed E-state index contributed by atoms with van der Waals surface area (Å²) in [4.78, 5) is 63.5. The van der Waals surface area contributed by atoms with Crippen molar-refractivity contribution < 1.29 is 46.5 Å². The molecule has 13 nitrogen and oxygen atoms in total. The number of halogens is 2. The lowest BCUT2D eigenvalue weighted by Gasteiger charge is -2.45. The molecule has 0 radical (unpaired) electrons. The molecule has 68 heavy (non-hydrogen) atoms. The SMILES string of the molecule is C[C@H](NP(=O)(Oc1ccccc1)[C@@H](F)c1ccc2sc(C(=O)N[C@H]3CC[C@H](N(C)C4CC(F)C4)C[C@H]4CC[C@@H](C(=O)N5C[C@H](c6ccccc6)CC56CC6)N4C3=O)cc2c1)C(=O)O[C@@H]1CCOC1. The van der Waals surface area contributed by atoms with Gasteiger partial charge in [-0.2, -0.15) is 0 Å². The number of alkyl halides is 2. The summed E-state index contributed by atoms with van der Waals surface area (Å²) in [5.74, 6) is -3.34. The molecule has 4 saturated heterocycles. The molecule has 0 bridgehead atoms. The first-order valence-electron chi connectivity index (χ1n) is 24.2. The first-order chi connectivity index (χ1) is 32.8. The van der Waals surface area contributed by atoms with Crippen LogP contribution in [-0.2, 0) is 28.4 Å². The molecule has 5 heterocycles. The van der Waals surface area contributed by atoms with Gasteiger partial charge < -0.3 is 34.0 Å². The first kappa shape index (κ1) is 47.0. The summed E-state index contributed by atoms with van der Waals surface area (Å²) in [6.07, 6.45) is 5.80. The average Bonchev–Trinajstić information content (AvgIpc) is 3.76. The van der Waals surface area contributed by atoms with Crippen molar-refractivity contribution in [2.75, 3.05) is 26.8 Å². The number of para-hydroxylation sites is 1. The maximum Gasteiger partial charge on any atom is 0.355 e. The first-order valence-corrected chi connectivity index (χ1v) is 26.7. The van der Waals surface area contributed by atoms with E-state index in [1.807, 2.05) is 25.2 Å². The number of likely N-dealkylation sites (tertiary alicyclic amines) is 1. The normalized spacial score (nSPS) is 29.4. The highest BCUT2D eigenvalue weighted by molar-refractivity contribution is 7.57. The van der Waals surface area contributed by atoms with Gasteiger partial charge in [0.15, 0.2) is 0 Å². The third kappa shape index (κ3) is 9.47. The van der Waals surface area contributed by atoms with Crippen LogP contribution in [0.5, 0.6) is 5.75 Å². The van der Waals surface area contributed by atoms with Crippen LogP contribution in [0.2, 0.25) is 0 Å². The third-order valence-corrected chi connectivity index (χ3v) is 18.6. The van der Waals surface area contributed by atoms with Crippen LogP contribution in [0.25, 0.3) is 10.1 Å². The molecular weight excluding hydrogens is 912 g/mol. The predicted octanol–water partition coefficient (Wildman–Crippen LogP) is 8.44. The Morgan fingerprint density at radius 2 is 1.69 bits per heavy atom. The Morgan fingerprint density at radius 3 is 2.40 bits per heavy atom. The van der Waals surface area contributed by atoms with Gasteiger partial charge in [-0.3, -0.25) is 23.7 Å². The van der Waals surface area contributed by atoms with Crippen LogP contribution in [0.15, 0.2) is 84.9 Å². The number of nitrogens with one attached hydrogen (secondary N) is 2. The smallest absolute Gasteiger partial charge is 0.355 e. The summed E-state index contributed by atoms with van der Waals surface area (Å²) >= 11 is 1.18. The highest BCUT2D eigenvalue weighted by Crippen LogP contribution is 2.58. The van der Waals surface area contributed by atoms with Gasteiger partial charge in [0, 0.05) is 47.2 Å². The van der Waals surface area contributed by atoms with Gasteiger partial charge in [0.2, 0.25) is 17.7 Å². The molecule has 362 valence electrons. The average molecular weight is 972 g/mol. The quantitative estimate of drug-likeness (QED) is 0.0933. The second-order valence-corrected chi connectivity index (χ2v) is 23.0. The van der Waals surface area contributed by atoms with Gasteiger partial charge in [-0.15, -0.1) is 11.3 Å². The number of carbonyl (C=O) groups is 4. The lowest BCUT2D eigenvalue weighted by Crippen LogP contribution is -2.59. The Labute approximate surface area is 399 Å².